The Labute approximate surface area is 109 Å². The van der Waals surface area contributed by atoms with Crippen LogP contribution in [0.3, 0.4) is 0 Å². The molecule has 0 heterocycles. The van der Waals surface area contributed by atoms with Crippen molar-refractivity contribution in [3.63, 3.8) is 0 Å². The van der Waals surface area contributed by atoms with Crippen molar-refractivity contribution < 1.29 is 22.8 Å². The molecule has 0 unspecified atom stereocenters. The molecule has 1 rings (SSSR count). The van der Waals surface area contributed by atoms with E-state index in [1.54, 1.807) is 29.5 Å². The van der Waals surface area contributed by atoms with E-state index in [4.69, 9.17) is 0 Å². The van der Waals surface area contributed by atoms with E-state index in [9.17, 15) is 18.0 Å². The number of nitrogens with one attached hydrogen (secondary N) is 1. The quantitative estimate of drug-likeness (QED) is 0.666. The van der Waals surface area contributed by atoms with Gasteiger partial charge in [-0.15, -0.1) is 0 Å². The van der Waals surface area contributed by atoms with Crippen LogP contribution < -0.4 is 5.48 Å². The average Bonchev–Trinajstić information content (AvgIpc) is 2.24. The van der Waals surface area contributed by atoms with E-state index < -0.39 is 17.6 Å². The van der Waals surface area contributed by atoms with Gasteiger partial charge in [-0.25, -0.2) is 5.48 Å². The molecule has 1 N–H and O–H groups in total. The van der Waals surface area contributed by atoms with E-state index in [-0.39, 0.29) is 15.7 Å². The molecule has 0 bridgehead atoms. The maximum atomic E-state index is 12.4. The molecule has 1 amide bonds. The van der Waals surface area contributed by atoms with E-state index in [1.165, 1.54) is 0 Å². The fraction of sp³-hybridized carbons (Fsp3) is 0.300. The number of benzene rings is 1. The monoisotopic (exact) mass is 359 g/mol. The SMILES string of the molecule is CCONC(=O)c1ccc(C(F)(F)F)cc1I. The zero-order chi connectivity index (χ0) is 13.1. The van der Waals surface area contributed by atoms with Crippen molar-refractivity contribution in [3.05, 3.63) is 32.9 Å². The van der Waals surface area contributed by atoms with E-state index in [0.717, 1.165) is 18.2 Å². The van der Waals surface area contributed by atoms with Gasteiger partial charge in [0.15, 0.2) is 0 Å². The fourth-order valence-corrected chi connectivity index (χ4v) is 1.83. The maximum absolute atomic E-state index is 12.4. The zero-order valence-electron chi connectivity index (χ0n) is 8.77. The lowest BCUT2D eigenvalue weighted by Crippen LogP contribution is -2.24. The number of halogens is 4. The Kier molecular flexibility index (Phi) is 4.75. The van der Waals surface area contributed by atoms with Crippen molar-refractivity contribution in [3.8, 4) is 0 Å². The number of rotatable bonds is 3. The molecular formula is C10H9F3INO2. The molecule has 94 valence electrons. The highest BCUT2D eigenvalue weighted by molar-refractivity contribution is 14.1. The fourth-order valence-electron chi connectivity index (χ4n) is 1.07. The summed E-state index contributed by atoms with van der Waals surface area (Å²) in [5.74, 6) is -0.565. The molecule has 0 aliphatic heterocycles. The van der Waals surface area contributed by atoms with E-state index in [1.807, 2.05) is 0 Å². The summed E-state index contributed by atoms with van der Waals surface area (Å²) in [4.78, 5) is 16.1. The predicted molar refractivity (Wildman–Crippen MR) is 63.3 cm³/mol. The molecule has 1 aromatic carbocycles. The Morgan fingerprint density at radius 2 is 2.12 bits per heavy atom. The van der Waals surface area contributed by atoms with E-state index >= 15 is 0 Å². The van der Waals surface area contributed by atoms with Crippen LogP contribution in [-0.4, -0.2) is 12.5 Å². The zero-order valence-corrected chi connectivity index (χ0v) is 10.9. The van der Waals surface area contributed by atoms with Crippen molar-refractivity contribution in [2.75, 3.05) is 6.61 Å². The summed E-state index contributed by atoms with van der Waals surface area (Å²) in [6.07, 6.45) is -4.41. The third-order valence-electron chi connectivity index (χ3n) is 1.85. The highest BCUT2D eigenvalue weighted by Gasteiger charge is 2.31. The summed E-state index contributed by atoms with van der Waals surface area (Å²) >= 11 is 1.68. The molecule has 0 aliphatic carbocycles. The van der Waals surface area contributed by atoms with Crippen LogP contribution in [0.1, 0.15) is 22.8 Å². The second-order valence-corrected chi connectivity index (χ2v) is 4.22. The number of hydrogen-bond donors (Lipinski definition) is 1. The number of carbonyl (C=O) groups excluding carboxylic acids is 1. The van der Waals surface area contributed by atoms with Gasteiger partial charge in [-0.3, -0.25) is 9.63 Å². The van der Waals surface area contributed by atoms with Crippen LogP contribution in [0.4, 0.5) is 13.2 Å². The smallest absolute Gasteiger partial charge is 0.274 e. The van der Waals surface area contributed by atoms with Crippen molar-refractivity contribution in [2.45, 2.75) is 13.1 Å². The number of hydroxylamine groups is 1. The molecular weight excluding hydrogens is 350 g/mol. The highest BCUT2D eigenvalue weighted by atomic mass is 127. The molecule has 0 radical (unpaired) electrons. The lowest BCUT2D eigenvalue weighted by molar-refractivity contribution is -0.137. The van der Waals surface area contributed by atoms with Gasteiger partial charge in [0.05, 0.1) is 17.7 Å². The molecule has 0 aliphatic rings. The van der Waals surface area contributed by atoms with Gasteiger partial charge in [-0.1, -0.05) is 0 Å². The lowest BCUT2D eigenvalue weighted by Gasteiger charge is -2.10. The van der Waals surface area contributed by atoms with Crippen molar-refractivity contribution >= 4 is 28.5 Å². The van der Waals surface area contributed by atoms with Crippen molar-refractivity contribution in [1.29, 1.82) is 0 Å². The van der Waals surface area contributed by atoms with Gasteiger partial charge in [-0.2, -0.15) is 13.2 Å². The maximum Gasteiger partial charge on any atom is 0.416 e. The van der Waals surface area contributed by atoms with Gasteiger partial charge in [0.2, 0.25) is 0 Å². The number of amides is 1. The predicted octanol–water partition coefficient (Wildman–Crippen LogP) is 2.99. The van der Waals surface area contributed by atoms with Gasteiger partial charge in [0, 0.05) is 3.57 Å². The van der Waals surface area contributed by atoms with Crippen molar-refractivity contribution in [1.82, 2.24) is 5.48 Å². The van der Waals surface area contributed by atoms with Gasteiger partial charge >= 0.3 is 6.18 Å². The Hall–Kier alpha value is -0.830. The second kappa shape index (κ2) is 5.67. The van der Waals surface area contributed by atoms with Crippen LogP contribution in [0, 0.1) is 3.57 Å². The molecule has 3 nitrogen and oxygen atoms in total. The average molecular weight is 359 g/mol. The summed E-state index contributed by atoms with van der Waals surface area (Å²) in [7, 11) is 0. The topological polar surface area (TPSA) is 38.3 Å². The minimum atomic E-state index is -4.41. The molecule has 0 spiro atoms. The van der Waals surface area contributed by atoms with Gasteiger partial charge in [0.1, 0.15) is 0 Å². The minimum Gasteiger partial charge on any atom is -0.274 e. The van der Waals surface area contributed by atoms with Gasteiger partial charge in [0.25, 0.3) is 5.91 Å². The summed E-state index contributed by atoms with van der Waals surface area (Å²) in [5.41, 5.74) is 1.49. The molecule has 0 atom stereocenters. The Bertz CT molecular complexity index is 421. The van der Waals surface area contributed by atoms with Gasteiger partial charge < -0.3 is 0 Å². The van der Waals surface area contributed by atoms with Crippen LogP contribution in [0.15, 0.2) is 18.2 Å². The third kappa shape index (κ3) is 3.84. The first-order chi connectivity index (χ1) is 7.86. The Morgan fingerprint density at radius 3 is 2.59 bits per heavy atom. The first-order valence-electron chi connectivity index (χ1n) is 4.65. The van der Waals surface area contributed by atoms with E-state index in [2.05, 4.69) is 10.3 Å². The highest BCUT2D eigenvalue weighted by Crippen LogP contribution is 2.30. The van der Waals surface area contributed by atoms with Crippen LogP contribution in [0.2, 0.25) is 0 Å². The Balaban J connectivity index is 2.94. The first kappa shape index (κ1) is 14.2. The number of hydrogen-bond acceptors (Lipinski definition) is 2. The minimum absolute atomic E-state index is 0.145. The molecule has 0 saturated carbocycles. The van der Waals surface area contributed by atoms with Gasteiger partial charge in [-0.05, 0) is 47.7 Å². The molecule has 17 heavy (non-hydrogen) atoms. The van der Waals surface area contributed by atoms with E-state index in [0.29, 0.717) is 0 Å². The largest absolute Gasteiger partial charge is 0.416 e. The second-order valence-electron chi connectivity index (χ2n) is 3.06. The number of alkyl halides is 3. The Morgan fingerprint density at radius 1 is 1.47 bits per heavy atom. The molecule has 1 aromatic rings. The summed E-state index contributed by atoms with van der Waals surface area (Å²) < 4.78 is 37.3. The van der Waals surface area contributed by atoms with Crippen molar-refractivity contribution in [2.24, 2.45) is 0 Å². The molecule has 0 saturated heterocycles. The molecule has 0 aromatic heterocycles. The standard InChI is InChI=1S/C10H9F3INO2/c1-2-17-15-9(16)7-4-3-6(5-8(7)14)10(11,12)13/h3-5H,2H2,1H3,(H,15,16). The summed E-state index contributed by atoms with van der Waals surface area (Å²) in [5, 5.41) is 0. The normalized spacial score (nSPS) is 11.4. The third-order valence-corrected chi connectivity index (χ3v) is 2.74. The summed E-state index contributed by atoms with van der Waals surface area (Å²) in [6, 6.07) is 2.91. The lowest BCUT2D eigenvalue weighted by atomic mass is 10.1. The first-order valence-corrected chi connectivity index (χ1v) is 5.73. The molecule has 7 heteroatoms. The van der Waals surface area contributed by atoms with Crippen LogP contribution in [0.5, 0.6) is 0 Å². The van der Waals surface area contributed by atoms with Crippen LogP contribution in [0.25, 0.3) is 0 Å². The molecule has 0 fully saturated rings. The van der Waals surface area contributed by atoms with Crippen LogP contribution in [-0.2, 0) is 11.0 Å². The summed E-state index contributed by atoms with van der Waals surface area (Å²) in [6.45, 7) is 1.96. The van der Waals surface area contributed by atoms with Crippen LogP contribution >= 0.6 is 22.6 Å². The number of carbonyl (C=O) groups is 1.